The summed E-state index contributed by atoms with van der Waals surface area (Å²) in [6, 6.07) is 2.21. The van der Waals surface area contributed by atoms with Crippen molar-refractivity contribution in [3.8, 4) is 0 Å². The Morgan fingerprint density at radius 1 is 1.53 bits per heavy atom. The Labute approximate surface area is 119 Å². The molecule has 2 aromatic rings. The lowest BCUT2D eigenvalue weighted by atomic mass is 10.1. The van der Waals surface area contributed by atoms with E-state index in [0.717, 1.165) is 24.4 Å². The molecular weight excluding hydrogens is 280 g/mol. The van der Waals surface area contributed by atoms with Crippen molar-refractivity contribution in [1.82, 2.24) is 15.1 Å². The fourth-order valence-electron chi connectivity index (χ4n) is 2.33. The minimum Gasteiger partial charge on any atom is -0.317 e. The number of anilines is 1. The number of hydrogen-bond donors (Lipinski definition) is 1. The molecule has 7 heteroatoms. The third kappa shape index (κ3) is 2.62. The second-order valence-corrected chi connectivity index (χ2v) is 6.43. The fraction of sp³-hybridized carbons (Fsp3) is 0.417. The number of nitrogens with zero attached hydrogens (tertiary/aromatic N) is 3. The van der Waals surface area contributed by atoms with Gasteiger partial charge in [0.1, 0.15) is 5.01 Å². The lowest BCUT2D eigenvalue weighted by Gasteiger charge is -2.23. The number of rotatable bonds is 2. The van der Waals surface area contributed by atoms with Crippen LogP contribution in [0.5, 0.6) is 0 Å². The van der Waals surface area contributed by atoms with Crippen molar-refractivity contribution >= 4 is 33.8 Å². The Hall–Kier alpha value is -1.47. The van der Waals surface area contributed by atoms with Gasteiger partial charge in [0.05, 0.1) is 6.04 Å². The van der Waals surface area contributed by atoms with Gasteiger partial charge in [-0.3, -0.25) is 5.32 Å². The summed E-state index contributed by atoms with van der Waals surface area (Å²) in [5, 5.41) is 16.3. The second-order valence-electron chi connectivity index (χ2n) is 4.46. The molecule has 0 saturated carbocycles. The van der Waals surface area contributed by atoms with Crippen LogP contribution in [0.4, 0.5) is 9.93 Å². The maximum Gasteiger partial charge on any atom is 0.324 e. The van der Waals surface area contributed by atoms with Crippen molar-refractivity contribution in [3.63, 3.8) is 0 Å². The first kappa shape index (κ1) is 12.6. The van der Waals surface area contributed by atoms with Crippen molar-refractivity contribution in [2.24, 2.45) is 0 Å². The summed E-state index contributed by atoms with van der Waals surface area (Å²) in [5.41, 5.74) is 1.23. The molecule has 2 aromatic heterocycles. The molecule has 1 fully saturated rings. The van der Waals surface area contributed by atoms with Gasteiger partial charge in [-0.05, 0) is 42.2 Å². The SMILES string of the molecule is Cc1nnc(NC(=O)N2CCCC2c2ccsc2)s1. The molecule has 1 aliphatic heterocycles. The van der Waals surface area contributed by atoms with E-state index in [2.05, 4.69) is 32.3 Å². The molecular formula is C12H14N4OS2. The van der Waals surface area contributed by atoms with Gasteiger partial charge in [0.2, 0.25) is 5.13 Å². The lowest BCUT2D eigenvalue weighted by molar-refractivity contribution is 0.207. The molecule has 0 spiro atoms. The Bertz CT molecular complexity index is 566. The third-order valence-electron chi connectivity index (χ3n) is 3.18. The van der Waals surface area contributed by atoms with Gasteiger partial charge in [-0.2, -0.15) is 11.3 Å². The zero-order chi connectivity index (χ0) is 13.2. The zero-order valence-corrected chi connectivity index (χ0v) is 12.1. The van der Waals surface area contributed by atoms with Crippen molar-refractivity contribution in [2.75, 3.05) is 11.9 Å². The summed E-state index contributed by atoms with van der Waals surface area (Å²) in [7, 11) is 0. The van der Waals surface area contributed by atoms with Crippen LogP contribution in [0, 0.1) is 6.92 Å². The molecule has 0 aromatic carbocycles. The highest BCUT2D eigenvalue weighted by Gasteiger charge is 2.30. The van der Waals surface area contributed by atoms with E-state index in [9.17, 15) is 4.79 Å². The van der Waals surface area contributed by atoms with Crippen LogP contribution >= 0.6 is 22.7 Å². The molecule has 0 bridgehead atoms. The Morgan fingerprint density at radius 3 is 3.11 bits per heavy atom. The van der Waals surface area contributed by atoms with Crippen LogP contribution in [0.25, 0.3) is 0 Å². The molecule has 1 N–H and O–H groups in total. The van der Waals surface area contributed by atoms with Crippen LogP contribution in [-0.4, -0.2) is 27.7 Å². The molecule has 3 rings (SSSR count). The number of thiophene rings is 1. The molecule has 0 aliphatic carbocycles. The first-order valence-electron chi connectivity index (χ1n) is 6.14. The topological polar surface area (TPSA) is 58.1 Å². The van der Waals surface area contributed by atoms with E-state index in [0.29, 0.717) is 5.13 Å². The average Bonchev–Trinajstić information content (AvgIpc) is 3.07. The van der Waals surface area contributed by atoms with Gasteiger partial charge in [-0.15, -0.1) is 10.2 Å². The molecule has 5 nitrogen and oxygen atoms in total. The molecule has 2 amide bonds. The van der Waals surface area contributed by atoms with E-state index in [1.54, 1.807) is 11.3 Å². The van der Waals surface area contributed by atoms with Gasteiger partial charge >= 0.3 is 6.03 Å². The number of carbonyl (C=O) groups excluding carboxylic acids is 1. The number of likely N-dealkylation sites (tertiary alicyclic amines) is 1. The maximum absolute atomic E-state index is 12.3. The van der Waals surface area contributed by atoms with Crippen LogP contribution in [-0.2, 0) is 0 Å². The van der Waals surface area contributed by atoms with Crippen molar-refractivity contribution < 1.29 is 4.79 Å². The van der Waals surface area contributed by atoms with E-state index >= 15 is 0 Å². The van der Waals surface area contributed by atoms with E-state index in [1.165, 1.54) is 16.9 Å². The van der Waals surface area contributed by atoms with Crippen molar-refractivity contribution in [1.29, 1.82) is 0 Å². The lowest BCUT2D eigenvalue weighted by Crippen LogP contribution is -2.34. The van der Waals surface area contributed by atoms with Crippen LogP contribution < -0.4 is 5.32 Å². The molecule has 1 unspecified atom stereocenters. The first-order valence-corrected chi connectivity index (χ1v) is 7.90. The highest BCUT2D eigenvalue weighted by molar-refractivity contribution is 7.15. The highest BCUT2D eigenvalue weighted by atomic mass is 32.1. The predicted molar refractivity (Wildman–Crippen MR) is 76.7 cm³/mol. The number of urea groups is 1. The largest absolute Gasteiger partial charge is 0.324 e. The van der Waals surface area contributed by atoms with Gasteiger partial charge in [-0.25, -0.2) is 4.79 Å². The standard InChI is InChI=1S/C12H14N4OS2/c1-8-14-15-11(19-8)13-12(17)16-5-2-3-10(16)9-4-6-18-7-9/h4,6-7,10H,2-3,5H2,1H3,(H,13,15,17). The smallest absolute Gasteiger partial charge is 0.317 e. The third-order valence-corrected chi connectivity index (χ3v) is 4.64. The van der Waals surface area contributed by atoms with E-state index in [4.69, 9.17) is 0 Å². The molecule has 0 radical (unpaired) electrons. The molecule has 100 valence electrons. The van der Waals surface area contributed by atoms with E-state index in [1.807, 2.05) is 11.8 Å². The molecule has 1 saturated heterocycles. The minimum absolute atomic E-state index is 0.0788. The molecule has 19 heavy (non-hydrogen) atoms. The summed E-state index contributed by atoms with van der Waals surface area (Å²) in [6.07, 6.45) is 2.07. The van der Waals surface area contributed by atoms with Gasteiger partial charge in [0.25, 0.3) is 0 Å². The highest BCUT2D eigenvalue weighted by Crippen LogP contribution is 2.33. The summed E-state index contributed by atoms with van der Waals surface area (Å²) in [5.74, 6) is 0. The summed E-state index contributed by atoms with van der Waals surface area (Å²) >= 11 is 3.06. The Morgan fingerprint density at radius 2 is 2.42 bits per heavy atom. The molecule has 1 aliphatic rings. The number of hydrogen-bond acceptors (Lipinski definition) is 5. The Balaban J connectivity index is 1.72. The minimum atomic E-state index is -0.0788. The van der Waals surface area contributed by atoms with Crippen LogP contribution in [0.3, 0.4) is 0 Å². The van der Waals surface area contributed by atoms with Gasteiger partial charge in [0.15, 0.2) is 0 Å². The number of amides is 2. The van der Waals surface area contributed by atoms with Gasteiger partial charge < -0.3 is 4.90 Å². The molecule has 1 atom stereocenters. The first-order chi connectivity index (χ1) is 9.24. The van der Waals surface area contributed by atoms with Crippen LogP contribution in [0.1, 0.15) is 29.5 Å². The predicted octanol–water partition coefficient (Wildman–Crippen LogP) is 3.28. The van der Waals surface area contributed by atoms with Gasteiger partial charge in [-0.1, -0.05) is 11.3 Å². The van der Waals surface area contributed by atoms with Crippen LogP contribution in [0.2, 0.25) is 0 Å². The normalized spacial score (nSPS) is 18.8. The quantitative estimate of drug-likeness (QED) is 0.924. The van der Waals surface area contributed by atoms with Gasteiger partial charge in [0, 0.05) is 6.54 Å². The van der Waals surface area contributed by atoms with Crippen LogP contribution in [0.15, 0.2) is 16.8 Å². The van der Waals surface area contributed by atoms with Crippen molar-refractivity contribution in [2.45, 2.75) is 25.8 Å². The van der Waals surface area contributed by atoms with E-state index in [-0.39, 0.29) is 12.1 Å². The monoisotopic (exact) mass is 294 g/mol. The summed E-state index contributed by atoms with van der Waals surface area (Å²) < 4.78 is 0. The number of aromatic nitrogens is 2. The summed E-state index contributed by atoms with van der Waals surface area (Å²) in [6.45, 7) is 2.67. The maximum atomic E-state index is 12.3. The Kier molecular flexibility index (Phi) is 3.48. The van der Waals surface area contributed by atoms with Crippen molar-refractivity contribution in [3.05, 3.63) is 27.4 Å². The summed E-state index contributed by atoms with van der Waals surface area (Å²) in [4.78, 5) is 14.2. The zero-order valence-electron chi connectivity index (χ0n) is 10.5. The number of carbonyl (C=O) groups is 1. The second kappa shape index (κ2) is 5.26. The number of nitrogens with one attached hydrogen (secondary N) is 1. The van der Waals surface area contributed by atoms with E-state index < -0.39 is 0 Å². The molecule has 3 heterocycles. The number of aryl methyl sites for hydroxylation is 1. The average molecular weight is 294 g/mol. The fourth-order valence-corrected chi connectivity index (χ4v) is 3.62.